The Bertz CT molecular complexity index is 432. The van der Waals surface area contributed by atoms with E-state index in [2.05, 4.69) is 15.0 Å². The van der Waals surface area contributed by atoms with Gasteiger partial charge in [0.2, 0.25) is 0 Å². The summed E-state index contributed by atoms with van der Waals surface area (Å²) in [4.78, 5) is 2.18. The standard InChI is InChI=1S/C14H19F3N2O2/c15-14(16,17)21-11-10-20-13-5-2-1-4-12(13)19-8-3-6-18-7-9-19/h1-2,4-5,18H,3,6-11H2. The molecule has 21 heavy (non-hydrogen) atoms. The van der Waals surface area contributed by atoms with Gasteiger partial charge >= 0.3 is 6.36 Å². The fourth-order valence-corrected chi connectivity index (χ4v) is 2.24. The highest BCUT2D eigenvalue weighted by atomic mass is 19.4. The third-order valence-electron chi connectivity index (χ3n) is 3.15. The van der Waals surface area contributed by atoms with Gasteiger partial charge in [-0.25, -0.2) is 0 Å². The molecule has 4 nitrogen and oxygen atoms in total. The van der Waals surface area contributed by atoms with Crippen LogP contribution in [-0.4, -0.2) is 45.8 Å². The van der Waals surface area contributed by atoms with Gasteiger partial charge in [0, 0.05) is 19.6 Å². The Labute approximate surface area is 121 Å². The van der Waals surface area contributed by atoms with Crippen LogP contribution in [0.5, 0.6) is 5.75 Å². The van der Waals surface area contributed by atoms with Crippen LogP contribution >= 0.6 is 0 Å². The predicted octanol–water partition coefficient (Wildman–Crippen LogP) is 2.40. The number of rotatable bonds is 5. The van der Waals surface area contributed by atoms with Crippen LogP contribution in [0.1, 0.15) is 6.42 Å². The second kappa shape index (κ2) is 7.51. The molecule has 0 unspecified atom stereocenters. The van der Waals surface area contributed by atoms with Gasteiger partial charge in [0.25, 0.3) is 0 Å². The normalized spacial score (nSPS) is 16.6. The second-order valence-electron chi connectivity index (χ2n) is 4.70. The van der Waals surface area contributed by atoms with Gasteiger partial charge in [0.15, 0.2) is 0 Å². The van der Waals surface area contributed by atoms with Crippen LogP contribution in [0.15, 0.2) is 24.3 Å². The summed E-state index contributed by atoms with van der Waals surface area (Å²) < 4.78 is 44.9. The first kappa shape index (κ1) is 15.9. The third-order valence-corrected chi connectivity index (χ3v) is 3.15. The quantitative estimate of drug-likeness (QED) is 0.847. The Morgan fingerprint density at radius 2 is 1.90 bits per heavy atom. The van der Waals surface area contributed by atoms with Crippen LogP contribution in [-0.2, 0) is 4.74 Å². The number of nitrogens with zero attached hydrogens (tertiary/aromatic N) is 1. The largest absolute Gasteiger partial charge is 0.522 e. The zero-order valence-electron chi connectivity index (χ0n) is 11.7. The van der Waals surface area contributed by atoms with Crippen molar-refractivity contribution in [1.82, 2.24) is 5.32 Å². The summed E-state index contributed by atoms with van der Waals surface area (Å²) in [6.07, 6.45) is -3.59. The fraction of sp³-hybridized carbons (Fsp3) is 0.571. The van der Waals surface area contributed by atoms with Crippen molar-refractivity contribution in [2.24, 2.45) is 0 Å². The highest BCUT2D eigenvalue weighted by molar-refractivity contribution is 5.58. The molecule has 0 atom stereocenters. The van der Waals surface area contributed by atoms with E-state index < -0.39 is 13.0 Å². The maximum Gasteiger partial charge on any atom is 0.522 e. The maximum absolute atomic E-state index is 11.9. The Balaban J connectivity index is 1.93. The molecule has 1 aromatic rings. The van der Waals surface area contributed by atoms with Crippen molar-refractivity contribution in [3.05, 3.63) is 24.3 Å². The first-order valence-electron chi connectivity index (χ1n) is 6.94. The third kappa shape index (κ3) is 5.43. The molecule has 0 radical (unpaired) electrons. The van der Waals surface area contributed by atoms with Crippen LogP contribution in [0.4, 0.5) is 18.9 Å². The molecule has 1 heterocycles. The van der Waals surface area contributed by atoms with E-state index >= 15 is 0 Å². The van der Waals surface area contributed by atoms with Crippen LogP contribution in [0.2, 0.25) is 0 Å². The SMILES string of the molecule is FC(F)(F)OCCOc1ccccc1N1CCCNCC1. The van der Waals surface area contributed by atoms with Crippen LogP contribution in [0.25, 0.3) is 0 Å². The Morgan fingerprint density at radius 1 is 1.10 bits per heavy atom. The Morgan fingerprint density at radius 3 is 2.71 bits per heavy atom. The number of anilines is 1. The minimum atomic E-state index is -4.61. The molecule has 118 valence electrons. The predicted molar refractivity (Wildman–Crippen MR) is 73.6 cm³/mol. The van der Waals surface area contributed by atoms with E-state index in [1.165, 1.54) is 0 Å². The number of hydrogen-bond acceptors (Lipinski definition) is 4. The summed E-state index contributed by atoms with van der Waals surface area (Å²) in [6, 6.07) is 7.39. The summed E-state index contributed by atoms with van der Waals surface area (Å²) in [5.74, 6) is 0.588. The van der Waals surface area contributed by atoms with E-state index in [9.17, 15) is 13.2 Å². The van der Waals surface area contributed by atoms with Crippen LogP contribution in [0, 0.1) is 0 Å². The lowest BCUT2D eigenvalue weighted by molar-refractivity contribution is -0.325. The molecule has 0 spiro atoms. The fourth-order valence-electron chi connectivity index (χ4n) is 2.24. The van der Waals surface area contributed by atoms with Gasteiger partial charge < -0.3 is 15.0 Å². The van der Waals surface area contributed by atoms with Gasteiger partial charge in [0.05, 0.1) is 12.3 Å². The molecule has 0 bridgehead atoms. The highest BCUT2D eigenvalue weighted by Gasteiger charge is 2.28. The molecule has 7 heteroatoms. The smallest absolute Gasteiger partial charge is 0.489 e. The van der Waals surface area contributed by atoms with E-state index in [4.69, 9.17) is 4.74 Å². The van der Waals surface area contributed by atoms with Crippen molar-refractivity contribution in [3.63, 3.8) is 0 Å². The molecule has 0 aromatic heterocycles. The first-order chi connectivity index (χ1) is 10.1. The van der Waals surface area contributed by atoms with Crippen molar-refractivity contribution >= 4 is 5.69 Å². The monoisotopic (exact) mass is 304 g/mol. The summed E-state index contributed by atoms with van der Waals surface area (Å²) in [5, 5.41) is 3.31. The molecule has 2 rings (SSSR count). The van der Waals surface area contributed by atoms with E-state index in [0.29, 0.717) is 5.75 Å². The van der Waals surface area contributed by atoms with E-state index in [1.807, 2.05) is 12.1 Å². The Hall–Kier alpha value is -1.47. The summed E-state index contributed by atoms with van der Waals surface area (Å²) in [5.41, 5.74) is 0.910. The molecule has 1 fully saturated rings. The van der Waals surface area contributed by atoms with Crippen molar-refractivity contribution < 1.29 is 22.6 Å². The average molecular weight is 304 g/mol. The number of ether oxygens (including phenoxy) is 2. The van der Waals surface area contributed by atoms with Crippen molar-refractivity contribution in [2.45, 2.75) is 12.8 Å². The van der Waals surface area contributed by atoms with Gasteiger partial charge in [-0.2, -0.15) is 0 Å². The van der Waals surface area contributed by atoms with Gasteiger partial charge in [-0.05, 0) is 25.1 Å². The number of halogens is 3. The lowest BCUT2D eigenvalue weighted by Crippen LogP contribution is -2.28. The molecular formula is C14H19F3N2O2. The van der Waals surface area contributed by atoms with Gasteiger partial charge in [0.1, 0.15) is 12.4 Å². The molecule has 1 aliphatic rings. The number of para-hydroxylation sites is 2. The lowest BCUT2D eigenvalue weighted by Gasteiger charge is -2.24. The number of alkyl halides is 3. The Kier molecular flexibility index (Phi) is 5.69. The molecule has 0 amide bonds. The minimum Gasteiger partial charge on any atom is -0.489 e. The van der Waals surface area contributed by atoms with Crippen LogP contribution in [0.3, 0.4) is 0 Å². The van der Waals surface area contributed by atoms with E-state index in [-0.39, 0.29) is 6.61 Å². The topological polar surface area (TPSA) is 33.7 Å². The zero-order valence-corrected chi connectivity index (χ0v) is 11.7. The highest BCUT2D eigenvalue weighted by Crippen LogP contribution is 2.28. The van der Waals surface area contributed by atoms with Gasteiger partial charge in [-0.3, -0.25) is 4.74 Å². The maximum atomic E-state index is 11.9. The first-order valence-corrected chi connectivity index (χ1v) is 6.94. The average Bonchev–Trinajstić information content (AvgIpc) is 2.72. The summed E-state index contributed by atoms with van der Waals surface area (Å²) >= 11 is 0. The molecule has 1 N–H and O–H groups in total. The molecule has 0 aliphatic carbocycles. The zero-order chi connectivity index (χ0) is 15.1. The number of nitrogens with one attached hydrogen (secondary N) is 1. The van der Waals surface area contributed by atoms with Crippen molar-refractivity contribution in [1.29, 1.82) is 0 Å². The molecule has 1 saturated heterocycles. The molecule has 1 aliphatic heterocycles. The van der Waals surface area contributed by atoms with Gasteiger partial charge in [-0.1, -0.05) is 12.1 Å². The van der Waals surface area contributed by atoms with Gasteiger partial charge in [-0.15, -0.1) is 13.2 Å². The number of hydrogen-bond donors (Lipinski definition) is 1. The lowest BCUT2D eigenvalue weighted by atomic mass is 10.2. The molecule has 1 aromatic carbocycles. The van der Waals surface area contributed by atoms with E-state index in [1.54, 1.807) is 12.1 Å². The van der Waals surface area contributed by atoms with Crippen LogP contribution < -0.4 is 15.0 Å². The summed E-state index contributed by atoms with van der Waals surface area (Å²) in [6.45, 7) is 2.94. The second-order valence-corrected chi connectivity index (χ2v) is 4.70. The minimum absolute atomic E-state index is 0.136. The van der Waals surface area contributed by atoms with Crippen molar-refractivity contribution in [2.75, 3.05) is 44.3 Å². The molecule has 0 saturated carbocycles. The number of benzene rings is 1. The van der Waals surface area contributed by atoms with Crippen molar-refractivity contribution in [3.8, 4) is 5.75 Å². The summed E-state index contributed by atoms with van der Waals surface area (Å²) in [7, 11) is 0. The molecular weight excluding hydrogens is 285 g/mol. The van der Waals surface area contributed by atoms with E-state index in [0.717, 1.165) is 38.3 Å².